The summed E-state index contributed by atoms with van der Waals surface area (Å²) in [6.07, 6.45) is 6.86. The lowest BCUT2D eigenvalue weighted by Gasteiger charge is -2.22. The molecule has 1 saturated heterocycles. The first-order chi connectivity index (χ1) is 10.3. The van der Waals surface area contributed by atoms with E-state index < -0.39 is 0 Å². The van der Waals surface area contributed by atoms with Gasteiger partial charge in [0.2, 0.25) is 0 Å². The molecule has 0 spiro atoms. The maximum Gasteiger partial charge on any atom is 0.127 e. The van der Waals surface area contributed by atoms with E-state index in [-0.39, 0.29) is 0 Å². The molecule has 1 aliphatic heterocycles. The summed E-state index contributed by atoms with van der Waals surface area (Å²) in [7, 11) is 0. The van der Waals surface area contributed by atoms with Crippen LogP contribution in [0.15, 0.2) is 18.2 Å². The standard InChI is InChI=1S/C10H20O2.C8H8O/c1-2-3-4-5-6-10-9-11-7-8-12-10;1-2-9-8-5-6-3-4-7(6)8/h10H,2-9H2,1H3;3-5H,2H2,1H3. The van der Waals surface area contributed by atoms with Gasteiger partial charge in [0.15, 0.2) is 0 Å². The predicted molar refractivity (Wildman–Crippen MR) is 84.6 cm³/mol. The van der Waals surface area contributed by atoms with Crippen molar-refractivity contribution in [1.82, 2.24) is 0 Å². The molecule has 3 nitrogen and oxygen atoms in total. The van der Waals surface area contributed by atoms with Gasteiger partial charge in [0, 0.05) is 5.22 Å². The molecule has 3 aliphatic rings. The van der Waals surface area contributed by atoms with Gasteiger partial charge in [0.1, 0.15) is 5.75 Å². The molecule has 0 saturated carbocycles. The Morgan fingerprint density at radius 1 is 1.14 bits per heavy atom. The molecule has 0 aromatic heterocycles. The average molecular weight is 292 g/mol. The summed E-state index contributed by atoms with van der Waals surface area (Å²) in [5.74, 6) is 1.06. The van der Waals surface area contributed by atoms with E-state index >= 15 is 0 Å². The second-order valence-corrected chi connectivity index (χ2v) is 5.56. The lowest BCUT2D eigenvalue weighted by Crippen LogP contribution is -2.28. The smallest absolute Gasteiger partial charge is 0.127 e. The summed E-state index contributed by atoms with van der Waals surface area (Å²) < 4.78 is 16.1. The van der Waals surface area contributed by atoms with Gasteiger partial charge in [-0.15, -0.1) is 0 Å². The van der Waals surface area contributed by atoms with Crippen molar-refractivity contribution in [1.29, 1.82) is 0 Å². The van der Waals surface area contributed by atoms with Gasteiger partial charge in [-0.05, 0) is 24.6 Å². The van der Waals surface area contributed by atoms with Crippen LogP contribution in [0, 0.1) is 10.4 Å². The summed E-state index contributed by atoms with van der Waals surface area (Å²) in [6, 6.07) is 6.25. The van der Waals surface area contributed by atoms with Gasteiger partial charge in [0.05, 0.1) is 32.5 Å². The predicted octanol–water partition coefficient (Wildman–Crippen LogP) is 4.06. The van der Waals surface area contributed by atoms with Crippen molar-refractivity contribution in [2.24, 2.45) is 0 Å². The molecule has 1 atom stereocenters. The van der Waals surface area contributed by atoms with Crippen LogP contribution in [0.4, 0.5) is 0 Å². The van der Waals surface area contributed by atoms with Crippen LogP contribution >= 0.6 is 0 Å². The quantitative estimate of drug-likeness (QED) is 0.720. The van der Waals surface area contributed by atoms with E-state index in [0.717, 1.165) is 32.2 Å². The zero-order valence-corrected chi connectivity index (χ0v) is 13.4. The minimum atomic E-state index is 0.385. The van der Waals surface area contributed by atoms with Gasteiger partial charge in [0.25, 0.3) is 0 Å². The number of unbranched alkanes of at least 4 members (excludes halogenated alkanes) is 3. The van der Waals surface area contributed by atoms with Crippen molar-refractivity contribution in [3.05, 3.63) is 28.6 Å². The summed E-state index contributed by atoms with van der Waals surface area (Å²) >= 11 is 0. The molecule has 3 rings (SSSR count). The number of ether oxygens (including phenoxy) is 3. The Bertz CT molecular complexity index is 492. The SMILES string of the molecule is CCCCCCC1COCCO1.CCOc1cc2ccc1=2. The zero-order chi connectivity index (χ0) is 14.9. The largest absolute Gasteiger partial charge is 0.493 e. The molecule has 0 N–H and O–H groups in total. The Hall–Kier alpha value is -1.06. The molecular formula is C18H28O3. The first-order valence-electron chi connectivity index (χ1n) is 8.31. The summed E-state index contributed by atoms with van der Waals surface area (Å²) in [5, 5.41) is 2.65. The molecular weight excluding hydrogens is 264 g/mol. The monoisotopic (exact) mass is 292 g/mol. The van der Waals surface area contributed by atoms with E-state index in [2.05, 4.69) is 25.1 Å². The van der Waals surface area contributed by atoms with Crippen molar-refractivity contribution in [2.75, 3.05) is 26.4 Å². The van der Waals surface area contributed by atoms with Crippen molar-refractivity contribution < 1.29 is 14.2 Å². The molecule has 1 fully saturated rings. The maximum absolute atomic E-state index is 5.53. The Kier molecular flexibility index (Phi) is 7.04. The maximum atomic E-state index is 5.53. The van der Waals surface area contributed by atoms with Crippen LogP contribution in [0.2, 0.25) is 0 Å². The van der Waals surface area contributed by atoms with E-state index in [1.165, 1.54) is 42.5 Å². The lowest BCUT2D eigenvalue weighted by atomic mass is 10.1. The van der Waals surface area contributed by atoms with Crippen LogP contribution in [0.25, 0.3) is 0 Å². The van der Waals surface area contributed by atoms with E-state index in [0.29, 0.717) is 6.10 Å². The second kappa shape index (κ2) is 9.06. The number of rotatable bonds is 7. The molecule has 21 heavy (non-hydrogen) atoms. The normalized spacial score (nSPS) is 18.7. The Balaban J connectivity index is 0.000000159. The fraction of sp³-hybridized carbons (Fsp3) is 0.667. The van der Waals surface area contributed by atoms with Crippen LogP contribution < -0.4 is 4.74 Å². The molecule has 2 aliphatic carbocycles. The molecule has 0 bridgehead atoms. The highest BCUT2D eigenvalue weighted by Gasteiger charge is 2.12. The first kappa shape index (κ1) is 16.3. The Labute approximate surface area is 127 Å². The van der Waals surface area contributed by atoms with Gasteiger partial charge < -0.3 is 14.2 Å². The molecule has 118 valence electrons. The van der Waals surface area contributed by atoms with E-state index in [1.54, 1.807) is 0 Å². The third-order valence-corrected chi connectivity index (χ3v) is 3.86. The topological polar surface area (TPSA) is 27.7 Å². The minimum absolute atomic E-state index is 0.385. The highest BCUT2D eigenvalue weighted by atomic mass is 16.6. The molecule has 0 aromatic rings. The van der Waals surface area contributed by atoms with E-state index in [9.17, 15) is 0 Å². The fourth-order valence-corrected chi connectivity index (χ4v) is 2.53. The Morgan fingerprint density at radius 3 is 2.57 bits per heavy atom. The van der Waals surface area contributed by atoms with Crippen LogP contribution in [-0.4, -0.2) is 32.5 Å². The van der Waals surface area contributed by atoms with Gasteiger partial charge >= 0.3 is 0 Å². The third kappa shape index (κ3) is 5.01. The highest BCUT2D eigenvalue weighted by molar-refractivity contribution is 5.38. The summed E-state index contributed by atoms with van der Waals surface area (Å²) in [5.41, 5.74) is 0. The molecule has 1 unspecified atom stereocenters. The van der Waals surface area contributed by atoms with Crippen LogP contribution in [0.1, 0.15) is 46.0 Å². The van der Waals surface area contributed by atoms with Crippen LogP contribution in [0.5, 0.6) is 5.75 Å². The van der Waals surface area contributed by atoms with Crippen molar-refractivity contribution in [3.8, 4) is 5.75 Å². The van der Waals surface area contributed by atoms with Crippen LogP contribution in [-0.2, 0) is 9.47 Å². The zero-order valence-electron chi connectivity index (χ0n) is 13.4. The fourth-order valence-electron chi connectivity index (χ4n) is 2.53. The number of benzene rings is 1. The third-order valence-electron chi connectivity index (χ3n) is 3.86. The van der Waals surface area contributed by atoms with Crippen molar-refractivity contribution in [2.45, 2.75) is 52.1 Å². The summed E-state index contributed by atoms with van der Waals surface area (Å²) in [6.45, 7) is 7.40. The van der Waals surface area contributed by atoms with Gasteiger partial charge in [-0.25, -0.2) is 0 Å². The van der Waals surface area contributed by atoms with Gasteiger partial charge in [-0.3, -0.25) is 0 Å². The average Bonchev–Trinajstić information content (AvgIpc) is 2.50. The van der Waals surface area contributed by atoms with Crippen molar-refractivity contribution >= 4 is 0 Å². The van der Waals surface area contributed by atoms with E-state index in [1.807, 2.05) is 6.92 Å². The molecule has 0 aromatic carbocycles. The first-order valence-corrected chi connectivity index (χ1v) is 8.31. The van der Waals surface area contributed by atoms with E-state index in [4.69, 9.17) is 14.2 Å². The molecule has 0 radical (unpaired) electrons. The molecule has 0 amide bonds. The molecule has 3 heteroatoms. The minimum Gasteiger partial charge on any atom is -0.493 e. The van der Waals surface area contributed by atoms with Crippen molar-refractivity contribution in [3.63, 3.8) is 0 Å². The number of hydrogen-bond donors (Lipinski definition) is 0. The molecule has 1 heterocycles. The number of hydrogen-bond acceptors (Lipinski definition) is 3. The second-order valence-electron chi connectivity index (χ2n) is 5.56. The van der Waals surface area contributed by atoms with Crippen LogP contribution in [0.3, 0.4) is 0 Å². The van der Waals surface area contributed by atoms with Gasteiger partial charge in [-0.2, -0.15) is 0 Å². The Morgan fingerprint density at radius 2 is 2.05 bits per heavy atom. The van der Waals surface area contributed by atoms with Gasteiger partial charge in [-0.1, -0.05) is 44.7 Å². The highest BCUT2D eigenvalue weighted by Crippen LogP contribution is 2.23. The summed E-state index contributed by atoms with van der Waals surface area (Å²) in [4.78, 5) is 0. The lowest BCUT2D eigenvalue weighted by molar-refractivity contribution is -0.0912.